The van der Waals surface area contributed by atoms with E-state index in [0.717, 1.165) is 22.0 Å². The maximum atomic E-state index is 9.28. The molecule has 0 amide bonds. The molecule has 4 nitrogen and oxygen atoms in total. The molecule has 0 aliphatic rings. The van der Waals surface area contributed by atoms with Gasteiger partial charge >= 0.3 is 0 Å². The summed E-state index contributed by atoms with van der Waals surface area (Å²) in [4.78, 5) is 0. The van der Waals surface area contributed by atoms with Crippen molar-refractivity contribution in [2.45, 2.75) is 32.5 Å². The van der Waals surface area contributed by atoms with Crippen LogP contribution in [0.5, 0.6) is 11.5 Å². The van der Waals surface area contributed by atoms with Crippen LogP contribution >= 0.6 is 27.5 Å². The Labute approximate surface area is 162 Å². The molecule has 6 heteroatoms. The summed E-state index contributed by atoms with van der Waals surface area (Å²) in [6.45, 7) is 3.20. The lowest BCUT2D eigenvalue weighted by Crippen LogP contribution is -2.31. The smallest absolute Gasteiger partial charge is 0.175 e. The van der Waals surface area contributed by atoms with Gasteiger partial charge in [0.1, 0.15) is 6.61 Å². The first-order valence-electron chi connectivity index (χ1n) is 8.15. The molecule has 25 heavy (non-hydrogen) atoms. The van der Waals surface area contributed by atoms with Crippen LogP contribution in [-0.2, 0) is 13.2 Å². The quantitative estimate of drug-likeness (QED) is 0.615. The van der Waals surface area contributed by atoms with Gasteiger partial charge in [0, 0.05) is 17.6 Å². The van der Waals surface area contributed by atoms with Crippen molar-refractivity contribution in [2.75, 3.05) is 13.7 Å². The normalized spacial score (nSPS) is 12.0. The standard InChI is InChI=1S/C19H23BrClNO3/c1-3-16(11-23)22-10-14-8-17(20)19(18(9-14)24-2)25-12-13-5-4-6-15(21)7-13/h4-9,16,22-23H,3,10-12H2,1-2H3/t16-/m1/s1. The van der Waals surface area contributed by atoms with Gasteiger partial charge in [-0.05, 0) is 57.7 Å². The van der Waals surface area contributed by atoms with Gasteiger partial charge in [0.25, 0.3) is 0 Å². The molecule has 0 aliphatic carbocycles. The van der Waals surface area contributed by atoms with Gasteiger partial charge < -0.3 is 19.9 Å². The maximum Gasteiger partial charge on any atom is 0.175 e. The molecule has 0 aromatic heterocycles. The number of hydrogen-bond donors (Lipinski definition) is 2. The van der Waals surface area contributed by atoms with Gasteiger partial charge in [-0.1, -0.05) is 30.7 Å². The first kappa shape index (κ1) is 20.0. The summed E-state index contributed by atoms with van der Waals surface area (Å²) in [7, 11) is 1.62. The molecule has 0 spiro atoms. The highest BCUT2D eigenvalue weighted by Crippen LogP contribution is 2.37. The lowest BCUT2D eigenvalue weighted by Gasteiger charge is -2.17. The van der Waals surface area contributed by atoms with E-state index in [9.17, 15) is 5.11 Å². The molecular weight excluding hydrogens is 406 g/mol. The molecule has 2 N–H and O–H groups in total. The highest BCUT2D eigenvalue weighted by atomic mass is 79.9. The number of nitrogens with one attached hydrogen (secondary N) is 1. The molecular formula is C19H23BrClNO3. The third-order valence-corrected chi connectivity index (χ3v) is 4.69. The molecule has 0 heterocycles. The van der Waals surface area contributed by atoms with Crippen LogP contribution in [0.4, 0.5) is 0 Å². The van der Waals surface area contributed by atoms with Crippen LogP contribution < -0.4 is 14.8 Å². The third kappa shape index (κ3) is 5.89. The SMILES string of the molecule is CC[C@H](CO)NCc1cc(Br)c(OCc2cccc(Cl)c2)c(OC)c1. The second kappa shape index (κ2) is 10.0. The highest BCUT2D eigenvalue weighted by molar-refractivity contribution is 9.10. The lowest BCUT2D eigenvalue weighted by molar-refractivity contribution is 0.238. The molecule has 0 saturated carbocycles. The van der Waals surface area contributed by atoms with Crippen LogP contribution in [0.25, 0.3) is 0 Å². The number of rotatable bonds is 9. The van der Waals surface area contributed by atoms with E-state index >= 15 is 0 Å². The van der Waals surface area contributed by atoms with Crippen molar-refractivity contribution in [3.8, 4) is 11.5 Å². The van der Waals surface area contributed by atoms with Crippen LogP contribution in [-0.4, -0.2) is 24.9 Å². The molecule has 0 radical (unpaired) electrons. The largest absolute Gasteiger partial charge is 0.493 e. The van der Waals surface area contributed by atoms with E-state index in [1.807, 2.05) is 43.3 Å². The van der Waals surface area contributed by atoms with E-state index in [2.05, 4.69) is 21.2 Å². The number of methoxy groups -OCH3 is 1. The number of aliphatic hydroxyl groups is 1. The number of hydrogen-bond acceptors (Lipinski definition) is 4. The fourth-order valence-corrected chi connectivity index (χ4v) is 3.21. The van der Waals surface area contributed by atoms with E-state index in [1.54, 1.807) is 7.11 Å². The van der Waals surface area contributed by atoms with E-state index < -0.39 is 0 Å². The summed E-state index contributed by atoms with van der Waals surface area (Å²) in [5.41, 5.74) is 2.03. The molecule has 2 rings (SSSR count). The van der Waals surface area contributed by atoms with Crippen molar-refractivity contribution >= 4 is 27.5 Å². The molecule has 2 aromatic carbocycles. The average molecular weight is 429 g/mol. The first-order valence-corrected chi connectivity index (χ1v) is 9.32. The molecule has 2 aromatic rings. The Balaban J connectivity index is 2.10. The maximum absolute atomic E-state index is 9.28. The van der Waals surface area contributed by atoms with Crippen molar-refractivity contribution in [3.05, 3.63) is 57.0 Å². The minimum absolute atomic E-state index is 0.0866. The number of benzene rings is 2. The van der Waals surface area contributed by atoms with Crippen molar-refractivity contribution < 1.29 is 14.6 Å². The Morgan fingerprint density at radius 1 is 1.24 bits per heavy atom. The number of halogens is 2. The summed E-state index contributed by atoms with van der Waals surface area (Å²) in [5, 5.41) is 13.3. The van der Waals surface area contributed by atoms with Crippen molar-refractivity contribution in [3.63, 3.8) is 0 Å². The molecule has 0 aliphatic heterocycles. The molecule has 1 atom stereocenters. The average Bonchev–Trinajstić information content (AvgIpc) is 2.61. The van der Waals surface area contributed by atoms with Gasteiger partial charge in [-0.25, -0.2) is 0 Å². The van der Waals surface area contributed by atoms with Crippen molar-refractivity contribution in [1.82, 2.24) is 5.32 Å². The zero-order valence-corrected chi connectivity index (χ0v) is 16.7. The van der Waals surface area contributed by atoms with Gasteiger partial charge in [-0.15, -0.1) is 0 Å². The molecule has 0 fully saturated rings. The summed E-state index contributed by atoms with van der Waals surface area (Å²) in [5.74, 6) is 1.31. The molecule has 0 saturated heterocycles. The van der Waals surface area contributed by atoms with E-state index in [-0.39, 0.29) is 12.6 Å². The van der Waals surface area contributed by atoms with E-state index in [1.165, 1.54) is 0 Å². The summed E-state index contributed by atoms with van der Waals surface area (Å²) >= 11 is 9.57. The predicted octanol–water partition coefficient (Wildman–Crippen LogP) is 4.55. The van der Waals surface area contributed by atoms with Gasteiger partial charge in [0.2, 0.25) is 0 Å². The molecule has 0 unspecified atom stereocenters. The van der Waals surface area contributed by atoms with Crippen molar-refractivity contribution in [2.24, 2.45) is 0 Å². The van der Waals surface area contributed by atoms with Crippen LogP contribution in [0.3, 0.4) is 0 Å². The minimum atomic E-state index is 0.0866. The fraction of sp³-hybridized carbons (Fsp3) is 0.368. The Kier molecular flexibility index (Phi) is 8.03. The number of aliphatic hydroxyl groups excluding tert-OH is 1. The zero-order valence-electron chi connectivity index (χ0n) is 14.4. The summed E-state index contributed by atoms with van der Waals surface area (Å²) in [6, 6.07) is 11.6. The highest BCUT2D eigenvalue weighted by Gasteiger charge is 2.13. The second-order valence-electron chi connectivity index (χ2n) is 5.70. The Bertz CT molecular complexity index is 692. The Morgan fingerprint density at radius 2 is 2.04 bits per heavy atom. The third-order valence-electron chi connectivity index (χ3n) is 3.87. The summed E-state index contributed by atoms with van der Waals surface area (Å²) < 4.78 is 12.2. The van der Waals surface area contributed by atoms with Crippen molar-refractivity contribution in [1.29, 1.82) is 0 Å². The Morgan fingerprint density at radius 3 is 2.68 bits per heavy atom. The van der Waals surface area contributed by atoms with Crippen LogP contribution in [0.1, 0.15) is 24.5 Å². The summed E-state index contributed by atoms with van der Waals surface area (Å²) in [6.07, 6.45) is 0.871. The van der Waals surface area contributed by atoms with Gasteiger partial charge in [0.05, 0.1) is 18.2 Å². The zero-order chi connectivity index (χ0) is 18.2. The Hall–Kier alpha value is -1.27. The second-order valence-corrected chi connectivity index (χ2v) is 6.99. The van der Waals surface area contributed by atoms with E-state index in [4.69, 9.17) is 21.1 Å². The fourth-order valence-electron chi connectivity index (χ4n) is 2.40. The monoisotopic (exact) mass is 427 g/mol. The minimum Gasteiger partial charge on any atom is -0.493 e. The van der Waals surface area contributed by atoms with Gasteiger partial charge in [-0.2, -0.15) is 0 Å². The predicted molar refractivity (Wildman–Crippen MR) is 104 cm³/mol. The van der Waals surface area contributed by atoms with Crippen LogP contribution in [0.2, 0.25) is 5.02 Å². The van der Waals surface area contributed by atoms with Crippen LogP contribution in [0, 0.1) is 0 Å². The first-order chi connectivity index (χ1) is 12.1. The lowest BCUT2D eigenvalue weighted by atomic mass is 10.1. The van der Waals surface area contributed by atoms with E-state index in [0.29, 0.717) is 29.7 Å². The molecule has 136 valence electrons. The topological polar surface area (TPSA) is 50.7 Å². The van der Waals surface area contributed by atoms with Gasteiger partial charge in [-0.3, -0.25) is 0 Å². The number of ether oxygens (including phenoxy) is 2. The van der Waals surface area contributed by atoms with Crippen LogP contribution in [0.15, 0.2) is 40.9 Å². The molecule has 0 bridgehead atoms. The van der Waals surface area contributed by atoms with Gasteiger partial charge in [0.15, 0.2) is 11.5 Å².